The Labute approximate surface area is 173 Å². The number of likely N-dealkylation sites (tertiary alicyclic amines) is 1. The first-order valence-corrected chi connectivity index (χ1v) is 11.0. The van der Waals surface area contributed by atoms with E-state index >= 15 is 0 Å². The van der Waals surface area contributed by atoms with Gasteiger partial charge in [-0.2, -0.15) is 0 Å². The van der Waals surface area contributed by atoms with E-state index in [0.717, 1.165) is 29.6 Å². The molecule has 6 heteroatoms. The molecule has 1 aliphatic rings. The number of nitrogens with one attached hydrogen (secondary N) is 1. The van der Waals surface area contributed by atoms with Crippen molar-refractivity contribution in [1.29, 1.82) is 0 Å². The van der Waals surface area contributed by atoms with Gasteiger partial charge in [0.15, 0.2) is 0 Å². The van der Waals surface area contributed by atoms with Crippen LogP contribution in [-0.2, 0) is 4.79 Å². The van der Waals surface area contributed by atoms with Gasteiger partial charge in [-0.25, -0.2) is 0 Å². The van der Waals surface area contributed by atoms with Crippen molar-refractivity contribution in [3.05, 3.63) is 56.7 Å². The Morgan fingerprint density at radius 3 is 2.63 bits per heavy atom. The fraction of sp³-hybridized carbons (Fsp3) is 0.429. The lowest BCUT2D eigenvalue weighted by Gasteiger charge is -2.33. The Kier molecular flexibility index (Phi) is 6.71. The summed E-state index contributed by atoms with van der Waals surface area (Å²) >= 11 is 4.73. The van der Waals surface area contributed by atoms with Gasteiger partial charge in [0.1, 0.15) is 6.04 Å². The van der Waals surface area contributed by atoms with E-state index in [-0.39, 0.29) is 17.9 Å². The average molecular weight is 449 g/mol. The van der Waals surface area contributed by atoms with Crippen LogP contribution < -0.4 is 5.32 Å². The largest absolute Gasteiger partial charge is 0.340 e. The highest BCUT2D eigenvalue weighted by atomic mass is 79.9. The number of hydrogen-bond acceptors (Lipinski definition) is 3. The molecule has 0 bridgehead atoms. The number of rotatable bonds is 6. The van der Waals surface area contributed by atoms with Gasteiger partial charge in [0.25, 0.3) is 5.91 Å². The fourth-order valence-electron chi connectivity index (χ4n) is 3.93. The van der Waals surface area contributed by atoms with Crippen molar-refractivity contribution in [2.45, 2.75) is 51.1 Å². The summed E-state index contributed by atoms with van der Waals surface area (Å²) in [6.07, 6.45) is 3.01. The minimum Gasteiger partial charge on any atom is -0.340 e. The fourth-order valence-corrected chi connectivity index (χ4v) is 5.22. The molecule has 1 aromatic carbocycles. The van der Waals surface area contributed by atoms with Crippen LogP contribution in [0.5, 0.6) is 0 Å². The second-order valence-electron chi connectivity index (χ2n) is 6.97. The topological polar surface area (TPSA) is 49.4 Å². The molecule has 2 amide bonds. The van der Waals surface area contributed by atoms with Crippen molar-refractivity contribution in [1.82, 2.24) is 10.2 Å². The van der Waals surface area contributed by atoms with Crippen molar-refractivity contribution < 1.29 is 9.59 Å². The van der Waals surface area contributed by atoms with Crippen LogP contribution in [0.1, 0.15) is 54.3 Å². The smallest absolute Gasteiger partial charge is 0.262 e. The molecule has 2 aromatic rings. The van der Waals surface area contributed by atoms with E-state index in [0.29, 0.717) is 10.8 Å². The van der Waals surface area contributed by atoms with E-state index in [1.165, 1.54) is 16.9 Å². The van der Waals surface area contributed by atoms with E-state index in [1.54, 1.807) is 13.0 Å². The van der Waals surface area contributed by atoms with Gasteiger partial charge in [0, 0.05) is 18.5 Å². The highest BCUT2D eigenvalue weighted by Crippen LogP contribution is 2.34. The number of carbonyl (C=O) groups excluding carboxylic acids is 2. The molecule has 1 aliphatic heterocycles. The molecule has 2 heterocycles. The van der Waals surface area contributed by atoms with E-state index in [1.807, 2.05) is 17.0 Å². The minimum atomic E-state index is -0.535. The summed E-state index contributed by atoms with van der Waals surface area (Å²) < 4.78 is 0.903. The molecule has 4 nitrogen and oxygen atoms in total. The SMILES string of the molecule is CC[C@H](c1ccccc1)[C@H]1CCCN1C(=O)[C@@H](C)NC(=O)c1ccc(Br)s1. The Morgan fingerprint density at radius 2 is 2.00 bits per heavy atom. The summed E-state index contributed by atoms with van der Waals surface area (Å²) in [4.78, 5) is 28.1. The van der Waals surface area contributed by atoms with Gasteiger partial charge in [0.05, 0.1) is 8.66 Å². The Balaban J connectivity index is 1.70. The molecule has 1 saturated heterocycles. The van der Waals surface area contributed by atoms with Gasteiger partial charge in [-0.15, -0.1) is 11.3 Å². The van der Waals surface area contributed by atoms with Gasteiger partial charge in [-0.1, -0.05) is 37.3 Å². The van der Waals surface area contributed by atoms with Crippen LogP contribution in [0.15, 0.2) is 46.3 Å². The predicted molar refractivity (Wildman–Crippen MR) is 113 cm³/mol. The predicted octanol–water partition coefficient (Wildman–Crippen LogP) is 4.81. The van der Waals surface area contributed by atoms with E-state index in [4.69, 9.17) is 0 Å². The first-order chi connectivity index (χ1) is 13.0. The summed E-state index contributed by atoms with van der Waals surface area (Å²) in [6.45, 7) is 4.72. The molecule has 0 unspecified atom stereocenters. The summed E-state index contributed by atoms with van der Waals surface area (Å²) in [5.41, 5.74) is 1.28. The second-order valence-corrected chi connectivity index (χ2v) is 9.43. The maximum atomic E-state index is 13.1. The number of thiophene rings is 1. The lowest BCUT2D eigenvalue weighted by Crippen LogP contribution is -2.49. The number of benzene rings is 1. The zero-order valence-corrected chi connectivity index (χ0v) is 18.1. The molecule has 0 spiro atoms. The van der Waals surface area contributed by atoms with E-state index < -0.39 is 6.04 Å². The molecule has 144 valence electrons. The molecule has 3 atom stereocenters. The van der Waals surface area contributed by atoms with Crippen LogP contribution in [0.25, 0.3) is 0 Å². The quantitative estimate of drug-likeness (QED) is 0.688. The lowest BCUT2D eigenvalue weighted by atomic mass is 9.87. The molecule has 27 heavy (non-hydrogen) atoms. The Hall–Kier alpha value is -1.66. The molecule has 0 saturated carbocycles. The van der Waals surface area contributed by atoms with E-state index in [9.17, 15) is 9.59 Å². The van der Waals surface area contributed by atoms with Gasteiger partial charge < -0.3 is 10.2 Å². The van der Waals surface area contributed by atoms with Gasteiger partial charge >= 0.3 is 0 Å². The second kappa shape index (κ2) is 9.02. The molecular formula is C21H25BrN2O2S. The third-order valence-electron chi connectivity index (χ3n) is 5.23. The molecular weight excluding hydrogens is 424 g/mol. The molecule has 1 fully saturated rings. The molecule has 1 aromatic heterocycles. The normalized spacial score (nSPS) is 18.9. The first-order valence-electron chi connectivity index (χ1n) is 9.43. The molecule has 3 rings (SSSR count). The maximum absolute atomic E-state index is 13.1. The summed E-state index contributed by atoms with van der Waals surface area (Å²) in [5.74, 6) is 0.141. The van der Waals surface area contributed by atoms with Gasteiger partial charge in [0.2, 0.25) is 5.91 Å². The van der Waals surface area contributed by atoms with Gasteiger partial charge in [-0.3, -0.25) is 9.59 Å². The highest BCUT2D eigenvalue weighted by molar-refractivity contribution is 9.11. The van der Waals surface area contributed by atoms with Crippen LogP contribution in [0.4, 0.5) is 0 Å². The van der Waals surface area contributed by atoms with Crippen molar-refractivity contribution in [2.24, 2.45) is 0 Å². The van der Waals surface area contributed by atoms with Crippen molar-refractivity contribution >= 4 is 39.1 Å². The maximum Gasteiger partial charge on any atom is 0.262 e. The third-order valence-corrected chi connectivity index (χ3v) is 6.85. The summed E-state index contributed by atoms with van der Waals surface area (Å²) in [6, 6.07) is 13.7. The minimum absolute atomic E-state index is 0.0100. The van der Waals surface area contributed by atoms with Crippen LogP contribution in [0.3, 0.4) is 0 Å². The first kappa shape index (κ1) is 20.1. The zero-order chi connectivity index (χ0) is 19.4. The number of amides is 2. The van der Waals surface area contributed by atoms with Crippen molar-refractivity contribution in [3.63, 3.8) is 0 Å². The lowest BCUT2D eigenvalue weighted by molar-refractivity contribution is -0.134. The van der Waals surface area contributed by atoms with Gasteiger partial charge in [-0.05, 0) is 59.8 Å². The highest BCUT2D eigenvalue weighted by Gasteiger charge is 2.36. The molecule has 0 aliphatic carbocycles. The molecule has 1 N–H and O–H groups in total. The summed E-state index contributed by atoms with van der Waals surface area (Å²) in [7, 11) is 0. The van der Waals surface area contributed by atoms with Crippen molar-refractivity contribution in [3.8, 4) is 0 Å². The van der Waals surface area contributed by atoms with Crippen LogP contribution in [0, 0.1) is 0 Å². The number of nitrogens with zero attached hydrogens (tertiary/aromatic N) is 1. The standard InChI is InChI=1S/C21H25BrN2O2S/c1-3-16(15-8-5-4-6-9-15)17-10-7-13-24(17)21(26)14(2)23-20(25)18-11-12-19(22)27-18/h4-6,8-9,11-12,14,16-17H,3,7,10,13H2,1-2H3,(H,23,25)/t14-,16-,17-/m1/s1. The zero-order valence-electron chi connectivity index (χ0n) is 15.7. The van der Waals surface area contributed by atoms with Crippen LogP contribution in [0.2, 0.25) is 0 Å². The number of hydrogen-bond donors (Lipinski definition) is 1. The Bertz CT molecular complexity index is 792. The molecule has 0 radical (unpaired) electrons. The van der Waals surface area contributed by atoms with Crippen LogP contribution in [-0.4, -0.2) is 35.3 Å². The third kappa shape index (κ3) is 4.61. The van der Waals surface area contributed by atoms with E-state index in [2.05, 4.69) is 52.4 Å². The van der Waals surface area contributed by atoms with Crippen molar-refractivity contribution in [2.75, 3.05) is 6.54 Å². The number of carbonyl (C=O) groups is 2. The Morgan fingerprint density at radius 1 is 1.26 bits per heavy atom. The monoisotopic (exact) mass is 448 g/mol. The van der Waals surface area contributed by atoms with Crippen LogP contribution >= 0.6 is 27.3 Å². The number of halogens is 1. The summed E-state index contributed by atoms with van der Waals surface area (Å²) in [5, 5.41) is 2.86. The average Bonchev–Trinajstić information content (AvgIpc) is 3.32.